The normalized spacial score (nSPS) is 21.8. The number of phenolic OH excluding ortho intramolecular Hbond substituents is 2. The molecule has 6 heteroatoms. The Morgan fingerprint density at radius 3 is 1.88 bits per heavy atom. The van der Waals surface area contributed by atoms with Crippen LogP contribution in [0.3, 0.4) is 0 Å². The molecule has 128 valence electrons. The molecule has 0 heterocycles. The largest absolute Gasteiger partial charge is 0.505 e. The summed E-state index contributed by atoms with van der Waals surface area (Å²) >= 11 is 24.8. The fraction of sp³-hybridized carbons (Fsp3) is 0.333. The number of hydrogen-bond acceptors (Lipinski definition) is 2. The van der Waals surface area contributed by atoms with Crippen LogP contribution in [0.4, 0.5) is 0 Å². The lowest BCUT2D eigenvalue weighted by atomic mass is 9.75. The first-order valence-corrected chi connectivity index (χ1v) is 8.90. The highest BCUT2D eigenvalue weighted by Gasteiger charge is 2.48. The summed E-state index contributed by atoms with van der Waals surface area (Å²) in [5, 5.41) is 20.9. The van der Waals surface area contributed by atoms with Crippen molar-refractivity contribution in [2.45, 2.75) is 38.0 Å². The molecule has 0 fully saturated rings. The van der Waals surface area contributed by atoms with E-state index in [1.54, 1.807) is 18.2 Å². The van der Waals surface area contributed by atoms with Crippen LogP contribution in [0.1, 0.15) is 43.9 Å². The van der Waals surface area contributed by atoms with E-state index in [-0.39, 0.29) is 37.0 Å². The molecule has 0 saturated carbocycles. The van der Waals surface area contributed by atoms with Gasteiger partial charge in [0.05, 0.1) is 20.1 Å². The molecule has 1 aliphatic rings. The molecule has 0 amide bonds. The van der Waals surface area contributed by atoms with Crippen molar-refractivity contribution in [2.75, 3.05) is 0 Å². The van der Waals surface area contributed by atoms with Gasteiger partial charge in [-0.2, -0.15) is 0 Å². The van der Waals surface area contributed by atoms with Gasteiger partial charge in [-0.15, -0.1) is 0 Å². The summed E-state index contributed by atoms with van der Waals surface area (Å²) in [7, 11) is 0. The molecule has 2 aromatic rings. The number of rotatable bonds is 1. The van der Waals surface area contributed by atoms with Crippen molar-refractivity contribution in [1.82, 2.24) is 0 Å². The summed E-state index contributed by atoms with van der Waals surface area (Å²) in [5.74, 6) is -0.273. The molecule has 2 aromatic carbocycles. The van der Waals surface area contributed by atoms with Gasteiger partial charge in [0.1, 0.15) is 0 Å². The second-order valence-corrected chi connectivity index (χ2v) is 8.72. The van der Waals surface area contributed by atoms with Crippen molar-refractivity contribution < 1.29 is 10.2 Å². The quantitative estimate of drug-likeness (QED) is 0.554. The van der Waals surface area contributed by atoms with E-state index in [0.29, 0.717) is 0 Å². The SMILES string of the molecule is CC1(C)CC(C)(c2cc(Cl)c(O)c(Cl)c2)c2c1cc(Cl)c(O)c2Cl. The van der Waals surface area contributed by atoms with Gasteiger partial charge >= 0.3 is 0 Å². The van der Waals surface area contributed by atoms with Crippen LogP contribution in [0.2, 0.25) is 20.1 Å². The van der Waals surface area contributed by atoms with Crippen molar-refractivity contribution >= 4 is 46.4 Å². The van der Waals surface area contributed by atoms with Crippen molar-refractivity contribution in [1.29, 1.82) is 0 Å². The minimum absolute atomic E-state index is 0.128. The standard InChI is InChI=1S/C18H16Cl4O2/c1-17(2)7-18(3,8-4-10(19)15(23)11(20)5-8)13-9(17)6-12(21)16(24)14(13)22/h4-6,23-24H,7H2,1-3H3. The maximum absolute atomic E-state index is 10.2. The molecule has 2 N–H and O–H groups in total. The molecule has 2 nitrogen and oxygen atoms in total. The summed E-state index contributed by atoms with van der Waals surface area (Å²) in [6, 6.07) is 5.15. The van der Waals surface area contributed by atoms with Crippen LogP contribution < -0.4 is 0 Å². The molecule has 1 aliphatic carbocycles. The summed E-state index contributed by atoms with van der Waals surface area (Å²) in [6.07, 6.45) is 0.728. The van der Waals surface area contributed by atoms with E-state index in [0.717, 1.165) is 23.1 Å². The van der Waals surface area contributed by atoms with Crippen molar-refractivity contribution in [3.8, 4) is 11.5 Å². The highest BCUT2D eigenvalue weighted by molar-refractivity contribution is 6.38. The second-order valence-electron chi connectivity index (χ2n) is 7.12. The third kappa shape index (κ3) is 2.47. The summed E-state index contributed by atoms with van der Waals surface area (Å²) in [6.45, 7) is 6.23. The van der Waals surface area contributed by atoms with Crippen LogP contribution in [0.25, 0.3) is 0 Å². The van der Waals surface area contributed by atoms with Crippen molar-refractivity contribution in [2.24, 2.45) is 0 Å². The third-order valence-corrected chi connectivity index (χ3v) is 6.16. The molecule has 0 radical (unpaired) electrons. The molecule has 0 aliphatic heterocycles. The average Bonchev–Trinajstić information content (AvgIpc) is 2.69. The minimum Gasteiger partial charge on any atom is -0.505 e. The van der Waals surface area contributed by atoms with E-state index < -0.39 is 5.41 Å². The van der Waals surface area contributed by atoms with Gasteiger partial charge in [0.25, 0.3) is 0 Å². The first-order chi connectivity index (χ1) is 11.0. The van der Waals surface area contributed by atoms with Crippen LogP contribution in [0, 0.1) is 0 Å². The van der Waals surface area contributed by atoms with Gasteiger partial charge in [0.2, 0.25) is 0 Å². The first-order valence-electron chi connectivity index (χ1n) is 7.39. The highest BCUT2D eigenvalue weighted by Crippen LogP contribution is 2.58. The average molecular weight is 406 g/mol. The van der Waals surface area contributed by atoms with Crippen molar-refractivity contribution in [3.05, 3.63) is 55.0 Å². The fourth-order valence-electron chi connectivity index (χ4n) is 3.88. The molecule has 0 aromatic heterocycles. The lowest BCUT2D eigenvalue weighted by molar-refractivity contribution is 0.423. The zero-order chi connectivity index (χ0) is 18.0. The predicted molar refractivity (Wildman–Crippen MR) is 100 cm³/mol. The Morgan fingerprint density at radius 2 is 1.33 bits per heavy atom. The minimum atomic E-state index is -0.529. The Hall–Kier alpha value is -0.800. The molecule has 0 spiro atoms. The van der Waals surface area contributed by atoms with Gasteiger partial charge in [-0.25, -0.2) is 0 Å². The molecule has 0 saturated heterocycles. The number of phenols is 2. The Labute approximate surface area is 160 Å². The smallest absolute Gasteiger partial charge is 0.153 e. The first kappa shape index (κ1) is 18.0. The van der Waals surface area contributed by atoms with Gasteiger partial charge in [-0.1, -0.05) is 67.2 Å². The van der Waals surface area contributed by atoms with Gasteiger partial charge in [-0.05, 0) is 46.7 Å². The number of halogens is 4. The maximum atomic E-state index is 10.2. The monoisotopic (exact) mass is 404 g/mol. The molecule has 1 unspecified atom stereocenters. The van der Waals surface area contributed by atoms with Crippen LogP contribution >= 0.6 is 46.4 Å². The van der Waals surface area contributed by atoms with Crippen LogP contribution in [0.15, 0.2) is 18.2 Å². The molecule has 3 rings (SSSR count). The maximum Gasteiger partial charge on any atom is 0.153 e. The van der Waals surface area contributed by atoms with Crippen LogP contribution in [0.5, 0.6) is 11.5 Å². The molecule has 1 atom stereocenters. The topological polar surface area (TPSA) is 40.5 Å². The van der Waals surface area contributed by atoms with Gasteiger partial charge in [-0.3, -0.25) is 0 Å². The third-order valence-electron chi connectivity index (χ3n) is 4.92. The Bertz CT molecular complexity index is 838. The van der Waals surface area contributed by atoms with E-state index in [2.05, 4.69) is 13.8 Å². The van der Waals surface area contributed by atoms with Gasteiger partial charge < -0.3 is 10.2 Å². The second kappa shape index (κ2) is 5.60. The Morgan fingerprint density at radius 1 is 0.833 bits per heavy atom. The van der Waals surface area contributed by atoms with Gasteiger partial charge in [0, 0.05) is 5.41 Å². The molecular formula is C18H16Cl4O2. The molecule has 0 bridgehead atoms. The Kier molecular flexibility index (Phi) is 4.20. The van der Waals surface area contributed by atoms with Crippen LogP contribution in [-0.4, -0.2) is 10.2 Å². The van der Waals surface area contributed by atoms with Gasteiger partial charge in [0.15, 0.2) is 11.5 Å². The van der Waals surface area contributed by atoms with E-state index in [4.69, 9.17) is 46.4 Å². The van der Waals surface area contributed by atoms with Crippen LogP contribution in [-0.2, 0) is 10.8 Å². The summed E-state index contributed by atoms with van der Waals surface area (Å²) in [4.78, 5) is 0. The predicted octanol–water partition coefficient (Wildman–Crippen LogP) is 6.70. The lowest BCUT2D eigenvalue weighted by Crippen LogP contribution is -2.23. The summed E-state index contributed by atoms with van der Waals surface area (Å²) in [5.41, 5.74) is 1.89. The number of hydrogen-bond donors (Lipinski definition) is 2. The van der Waals surface area contributed by atoms with Crippen molar-refractivity contribution in [3.63, 3.8) is 0 Å². The fourth-order valence-corrected chi connectivity index (χ4v) is 5.03. The van der Waals surface area contributed by atoms with E-state index in [9.17, 15) is 10.2 Å². The van der Waals surface area contributed by atoms with E-state index in [1.807, 2.05) is 6.92 Å². The highest BCUT2D eigenvalue weighted by atomic mass is 35.5. The lowest BCUT2D eigenvalue weighted by Gasteiger charge is -2.29. The number of aromatic hydroxyl groups is 2. The zero-order valence-electron chi connectivity index (χ0n) is 13.3. The van der Waals surface area contributed by atoms with E-state index in [1.165, 1.54) is 0 Å². The molecule has 24 heavy (non-hydrogen) atoms. The Balaban J connectivity index is 2.35. The zero-order valence-corrected chi connectivity index (χ0v) is 16.4. The number of fused-ring (bicyclic) bond motifs is 1. The molecular weight excluding hydrogens is 390 g/mol. The van der Waals surface area contributed by atoms with E-state index >= 15 is 0 Å². The summed E-state index contributed by atoms with van der Waals surface area (Å²) < 4.78 is 0. The number of benzene rings is 2.